The fraction of sp³-hybridized carbons (Fsp3) is 0.273. The summed E-state index contributed by atoms with van der Waals surface area (Å²) in [6.45, 7) is 6.06. The second-order valence-electron chi connectivity index (χ2n) is 6.45. The number of nitrogens with one attached hydrogen (secondary N) is 1. The number of fused-ring (bicyclic) bond motifs is 1. The molecule has 140 valence electrons. The van der Waals surface area contributed by atoms with E-state index in [9.17, 15) is 9.59 Å². The number of benzene rings is 2. The Morgan fingerprint density at radius 2 is 1.67 bits per heavy atom. The van der Waals surface area contributed by atoms with E-state index in [0.717, 1.165) is 16.5 Å². The Bertz CT molecular complexity index is 924. The topological polar surface area (TPSA) is 54.3 Å². The van der Waals surface area contributed by atoms with Crippen molar-refractivity contribution < 1.29 is 9.59 Å². The van der Waals surface area contributed by atoms with Crippen LogP contribution in [0.2, 0.25) is 0 Å². The number of carbonyl (C=O) groups is 2. The number of hydrogen-bond donors (Lipinski definition) is 1. The molecule has 0 saturated heterocycles. The van der Waals surface area contributed by atoms with Crippen molar-refractivity contribution in [2.24, 2.45) is 0 Å². The highest BCUT2D eigenvalue weighted by atomic mass is 16.2. The maximum atomic E-state index is 12.3. The summed E-state index contributed by atoms with van der Waals surface area (Å²) < 4.78 is 1.94. The molecule has 5 nitrogen and oxygen atoms in total. The highest BCUT2D eigenvalue weighted by Crippen LogP contribution is 2.14. The molecular weight excluding hydrogens is 338 g/mol. The fourth-order valence-corrected chi connectivity index (χ4v) is 3.15. The minimum atomic E-state index is -0.0420. The van der Waals surface area contributed by atoms with Crippen LogP contribution in [0.1, 0.15) is 29.8 Å². The standard InChI is InChI=1S/C22H25N3O2/c1-3-24(4-2)22(27)19-11-9-17(10-12-19)15-23-21(26)16-25-14-13-18-7-5-6-8-20(18)25/h5-14H,3-4,15-16H2,1-2H3,(H,23,26). The van der Waals surface area contributed by atoms with Gasteiger partial charge in [0, 0.05) is 36.9 Å². The van der Waals surface area contributed by atoms with Crippen LogP contribution in [0.5, 0.6) is 0 Å². The lowest BCUT2D eigenvalue weighted by atomic mass is 10.1. The lowest BCUT2D eigenvalue weighted by Crippen LogP contribution is -2.30. The largest absolute Gasteiger partial charge is 0.350 e. The number of rotatable bonds is 7. The van der Waals surface area contributed by atoms with E-state index in [-0.39, 0.29) is 18.4 Å². The summed E-state index contributed by atoms with van der Waals surface area (Å²) in [5, 5.41) is 4.06. The summed E-state index contributed by atoms with van der Waals surface area (Å²) in [6.07, 6.45) is 1.93. The third kappa shape index (κ3) is 4.37. The molecule has 27 heavy (non-hydrogen) atoms. The van der Waals surface area contributed by atoms with Crippen molar-refractivity contribution in [3.63, 3.8) is 0 Å². The van der Waals surface area contributed by atoms with Crippen molar-refractivity contribution >= 4 is 22.7 Å². The van der Waals surface area contributed by atoms with Gasteiger partial charge in [0.15, 0.2) is 0 Å². The zero-order valence-electron chi connectivity index (χ0n) is 15.8. The summed E-state index contributed by atoms with van der Waals surface area (Å²) in [5.74, 6) is -0.00489. The van der Waals surface area contributed by atoms with Gasteiger partial charge < -0.3 is 14.8 Å². The molecule has 3 rings (SSSR count). The van der Waals surface area contributed by atoms with Gasteiger partial charge in [0.05, 0.1) is 0 Å². The molecule has 0 atom stereocenters. The van der Waals surface area contributed by atoms with Crippen molar-refractivity contribution in [3.8, 4) is 0 Å². The van der Waals surface area contributed by atoms with Crippen molar-refractivity contribution in [2.75, 3.05) is 13.1 Å². The monoisotopic (exact) mass is 363 g/mol. The van der Waals surface area contributed by atoms with Crippen molar-refractivity contribution in [1.29, 1.82) is 0 Å². The minimum absolute atomic E-state index is 0.0371. The number of aromatic nitrogens is 1. The van der Waals surface area contributed by atoms with Crippen molar-refractivity contribution in [3.05, 3.63) is 71.9 Å². The number of carbonyl (C=O) groups excluding carboxylic acids is 2. The third-order valence-corrected chi connectivity index (χ3v) is 4.74. The lowest BCUT2D eigenvalue weighted by molar-refractivity contribution is -0.121. The molecule has 0 bridgehead atoms. The molecule has 0 fully saturated rings. The molecule has 1 aromatic heterocycles. The van der Waals surface area contributed by atoms with Crippen molar-refractivity contribution in [1.82, 2.24) is 14.8 Å². The zero-order chi connectivity index (χ0) is 19.2. The first-order valence-electron chi connectivity index (χ1n) is 9.31. The van der Waals surface area contributed by atoms with E-state index in [4.69, 9.17) is 0 Å². The van der Waals surface area contributed by atoms with Crippen LogP contribution < -0.4 is 5.32 Å². The van der Waals surface area contributed by atoms with Gasteiger partial charge in [-0.3, -0.25) is 9.59 Å². The van der Waals surface area contributed by atoms with E-state index in [1.165, 1.54) is 0 Å². The Morgan fingerprint density at radius 3 is 2.37 bits per heavy atom. The highest BCUT2D eigenvalue weighted by molar-refractivity contribution is 5.94. The smallest absolute Gasteiger partial charge is 0.253 e. The second kappa shape index (κ2) is 8.54. The van der Waals surface area contributed by atoms with E-state index in [0.29, 0.717) is 25.2 Å². The molecule has 0 radical (unpaired) electrons. The molecule has 2 amide bonds. The van der Waals surface area contributed by atoms with E-state index in [1.807, 2.05) is 79.2 Å². The quantitative estimate of drug-likeness (QED) is 0.699. The predicted molar refractivity (Wildman–Crippen MR) is 107 cm³/mol. The SMILES string of the molecule is CCN(CC)C(=O)c1ccc(CNC(=O)Cn2ccc3ccccc32)cc1. The van der Waals surface area contributed by atoms with Gasteiger partial charge in [0.25, 0.3) is 5.91 Å². The van der Waals surface area contributed by atoms with Gasteiger partial charge in [-0.2, -0.15) is 0 Å². The summed E-state index contributed by atoms with van der Waals surface area (Å²) in [4.78, 5) is 26.4. The lowest BCUT2D eigenvalue weighted by Gasteiger charge is -2.18. The summed E-state index contributed by atoms with van der Waals surface area (Å²) in [7, 11) is 0. The van der Waals surface area contributed by atoms with Crippen LogP contribution >= 0.6 is 0 Å². The van der Waals surface area contributed by atoms with Gasteiger partial charge in [-0.15, -0.1) is 0 Å². The summed E-state index contributed by atoms with van der Waals surface area (Å²) in [6, 6.07) is 17.4. The molecule has 0 spiro atoms. The van der Waals surface area contributed by atoms with Crippen LogP contribution in [0.25, 0.3) is 10.9 Å². The molecule has 1 heterocycles. The first-order chi connectivity index (χ1) is 13.1. The van der Waals surface area contributed by atoms with Gasteiger partial charge in [-0.1, -0.05) is 30.3 Å². The third-order valence-electron chi connectivity index (χ3n) is 4.74. The number of amides is 2. The van der Waals surface area contributed by atoms with Gasteiger partial charge >= 0.3 is 0 Å². The van der Waals surface area contributed by atoms with Crippen LogP contribution in [0.15, 0.2) is 60.8 Å². The molecule has 0 aliphatic heterocycles. The first kappa shape index (κ1) is 18.7. The van der Waals surface area contributed by atoms with E-state index < -0.39 is 0 Å². The fourth-order valence-electron chi connectivity index (χ4n) is 3.15. The Balaban J connectivity index is 1.56. The molecule has 0 aliphatic carbocycles. The highest BCUT2D eigenvalue weighted by Gasteiger charge is 2.12. The van der Waals surface area contributed by atoms with Gasteiger partial charge in [0.1, 0.15) is 6.54 Å². The van der Waals surface area contributed by atoms with Crippen LogP contribution in [-0.2, 0) is 17.9 Å². The molecule has 2 aromatic carbocycles. The summed E-state index contributed by atoms with van der Waals surface area (Å²) >= 11 is 0. The minimum Gasteiger partial charge on any atom is -0.350 e. The maximum absolute atomic E-state index is 12.3. The Morgan fingerprint density at radius 1 is 0.963 bits per heavy atom. The Kier molecular flexibility index (Phi) is 5.91. The van der Waals surface area contributed by atoms with Gasteiger partial charge in [-0.05, 0) is 49.1 Å². The molecular formula is C22H25N3O2. The molecule has 3 aromatic rings. The zero-order valence-corrected chi connectivity index (χ0v) is 15.8. The summed E-state index contributed by atoms with van der Waals surface area (Å²) in [5.41, 5.74) is 2.69. The molecule has 0 aliphatic rings. The molecule has 1 N–H and O–H groups in total. The average molecular weight is 363 g/mol. The van der Waals surface area contributed by atoms with E-state index >= 15 is 0 Å². The molecule has 5 heteroatoms. The Labute approximate surface area is 159 Å². The van der Waals surface area contributed by atoms with Crippen LogP contribution in [0.4, 0.5) is 0 Å². The van der Waals surface area contributed by atoms with Crippen molar-refractivity contribution in [2.45, 2.75) is 26.9 Å². The maximum Gasteiger partial charge on any atom is 0.253 e. The molecule has 0 saturated carbocycles. The van der Waals surface area contributed by atoms with Crippen LogP contribution in [-0.4, -0.2) is 34.4 Å². The Hall–Kier alpha value is -3.08. The van der Waals surface area contributed by atoms with E-state index in [1.54, 1.807) is 4.90 Å². The number of nitrogens with zero attached hydrogens (tertiary/aromatic N) is 2. The second-order valence-corrected chi connectivity index (χ2v) is 6.45. The first-order valence-corrected chi connectivity index (χ1v) is 9.31. The molecule has 0 unspecified atom stereocenters. The van der Waals surface area contributed by atoms with E-state index in [2.05, 4.69) is 5.32 Å². The van der Waals surface area contributed by atoms with Gasteiger partial charge in [0.2, 0.25) is 5.91 Å². The number of para-hydroxylation sites is 1. The van der Waals surface area contributed by atoms with Gasteiger partial charge in [-0.25, -0.2) is 0 Å². The average Bonchev–Trinajstić information content (AvgIpc) is 3.10. The normalized spacial score (nSPS) is 10.7. The van der Waals surface area contributed by atoms with Crippen LogP contribution in [0.3, 0.4) is 0 Å². The van der Waals surface area contributed by atoms with Crippen LogP contribution in [0, 0.1) is 0 Å². The number of hydrogen-bond acceptors (Lipinski definition) is 2. The predicted octanol–water partition coefficient (Wildman–Crippen LogP) is 3.44.